The molecule has 0 saturated carbocycles. The van der Waals surface area contributed by atoms with E-state index >= 15 is 0 Å². The Morgan fingerprint density at radius 3 is 2.82 bits per heavy atom. The van der Waals surface area contributed by atoms with Crippen LogP contribution in [0.25, 0.3) is 10.9 Å². The van der Waals surface area contributed by atoms with Gasteiger partial charge in [-0.25, -0.2) is 0 Å². The number of fused-ring (bicyclic) bond motifs is 1. The molecule has 2 heterocycles. The Kier molecular flexibility index (Phi) is 6.59. The van der Waals surface area contributed by atoms with Crippen molar-refractivity contribution >= 4 is 22.5 Å². The maximum atomic E-state index is 6.29. The van der Waals surface area contributed by atoms with E-state index in [2.05, 4.69) is 18.0 Å². The summed E-state index contributed by atoms with van der Waals surface area (Å²) in [7, 11) is 0. The molecule has 1 aliphatic heterocycles. The first-order valence-corrected chi connectivity index (χ1v) is 8.65. The number of aromatic nitrogens is 1. The Hall–Kier alpha value is -1.19. The third-order valence-corrected chi connectivity index (χ3v) is 4.21. The molecule has 4 heteroatoms. The lowest BCUT2D eigenvalue weighted by Gasteiger charge is -2.11. The van der Waals surface area contributed by atoms with Gasteiger partial charge in [-0.1, -0.05) is 32.4 Å². The summed E-state index contributed by atoms with van der Waals surface area (Å²) in [5, 5.41) is 1.82. The Morgan fingerprint density at radius 2 is 2.14 bits per heavy atom. The molecular formula is C18H26ClNO2. The van der Waals surface area contributed by atoms with Gasteiger partial charge in [0.25, 0.3) is 0 Å². The Bertz CT molecular complexity index is 588. The SMILES string of the molecule is CC.CCc1cc2cc(Cl)c(OCCC3CCOC3)cc2[nH]1. The fourth-order valence-electron chi connectivity index (χ4n) is 2.64. The maximum Gasteiger partial charge on any atom is 0.139 e. The molecule has 122 valence electrons. The second-order valence-corrected chi connectivity index (χ2v) is 5.79. The molecule has 2 aromatic rings. The smallest absolute Gasteiger partial charge is 0.139 e. The van der Waals surface area contributed by atoms with Gasteiger partial charge < -0.3 is 14.5 Å². The van der Waals surface area contributed by atoms with Crippen molar-refractivity contribution in [3.63, 3.8) is 0 Å². The largest absolute Gasteiger partial charge is 0.492 e. The highest BCUT2D eigenvalue weighted by Gasteiger charge is 2.15. The fraction of sp³-hybridized carbons (Fsp3) is 0.556. The first kappa shape index (κ1) is 17.2. The summed E-state index contributed by atoms with van der Waals surface area (Å²) in [6, 6.07) is 6.11. The Balaban J connectivity index is 0.000000847. The van der Waals surface area contributed by atoms with Gasteiger partial charge in [0, 0.05) is 35.9 Å². The molecule has 1 atom stereocenters. The van der Waals surface area contributed by atoms with E-state index in [1.54, 1.807) is 0 Å². The Labute approximate surface area is 138 Å². The summed E-state index contributed by atoms with van der Waals surface area (Å²) in [5.74, 6) is 1.40. The van der Waals surface area contributed by atoms with Crippen LogP contribution in [0.5, 0.6) is 5.75 Å². The van der Waals surface area contributed by atoms with Crippen LogP contribution in [0.1, 0.15) is 39.3 Å². The summed E-state index contributed by atoms with van der Waals surface area (Å²) in [6.07, 6.45) is 3.16. The number of rotatable bonds is 5. The summed E-state index contributed by atoms with van der Waals surface area (Å²) in [5.41, 5.74) is 2.31. The van der Waals surface area contributed by atoms with Crippen molar-refractivity contribution in [3.8, 4) is 5.75 Å². The van der Waals surface area contributed by atoms with Crippen molar-refractivity contribution in [1.29, 1.82) is 0 Å². The van der Waals surface area contributed by atoms with Crippen LogP contribution < -0.4 is 4.74 Å². The van der Waals surface area contributed by atoms with Crippen LogP contribution in [0.15, 0.2) is 18.2 Å². The predicted octanol–water partition coefficient (Wildman–Crippen LogP) is 5.22. The molecule has 22 heavy (non-hydrogen) atoms. The van der Waals surface area contributed by atoms with Gasteiger partial charge in [0.2, 0.25) is 0 Å². The number of ether oxygens (including phenoxy) is 2. The number of H-pyrrole nitrogens is 1. The van der Waals surface area contributed by atoms with Crippen molar-refractivity contribution in [2.24, 2.45) is 5.92 Å². The predicted molar refractivity (Wildman–Crippen MR) is 93.1 cm³/mol. The van der Waals surface area contributed by atoms with E-state index < -0.39 is 0 Å². The van der Waals surface area contributed by atoms with Gasteiger partial charge in [-0.15, -0.1) is 0 Å². The zero-order chi connectivity index (χ0) is 15.9. The van der Waals surface area contributed by atoms with Gasteiger partial charge in [-0.3, -0.25) is 0 Å². The van der Waals surface area contributed by atoms with E-state index in [1.807, 2.05) is 26.0 Å². The minimum absolute atomic E-state index is 0.634. The molecule has 1 aromatic carbocycles. The molecular weight excluding hydrogens is 298 g/mol. The highest BCUT2D eigenvalue weighted by molar-refractivity contribution is 6.32. The van der Waals surface area contributed by atoms with Crippen LogP contribution in [0.4, 0.5) is 0 Å². The summed E-state index contributed by atoms with van der Waals surface area (Å²) in [4.78, 5) is 3.39. The van der Waals surface area contributed by atoms with Gasteiger partial charge in [0.05, 0.1) is 11.6 Å². The number of aromatic amines is 1. The molecule has 0 aliphatic carbocycles. The van der Waals surface area contributed by atoms with Crippen LogP contribution in [0, 0.1) is 5.92 Å². The monoisotopic (exact) mass is 323 g/mol. The van der Waals surface area contributed by atoms with Crippen molar-refractivity contribution in [2.75, 3.05) is 19.8 Å². The van der Waals surface area contributed by atoms with E-state index in [4.69, 9.17) is 21.1 Å². The zero-order valence-electron chi connectivity index (χ0n) is 13.7. The molecule has 1 unspecified atom stereocenters. The van der Waals surface area contributed by atoms with Gasteiger partial charge in [-0.05, 0) is 37.3 Å². The third kappa shape index (κ3) is 4.17. The lowest BCUT2D eigenvalue weighted by atomic mass is 10.1. The number of hydrogen-bond acceptors (Lipinski definition) is 2. The number of nitrogens with one attached hydrogen (secondary N) is 1. The van der Waals surface area contributed by atoms with Crippen molar-refractivity contribution in [3.05, 3.63) is 28.9 Å². The number of halogens is 1. The zero-order valence-corrected chi connectivity index (χ0v) is 14.5. The van der Waals surface area contributed by atoms with Crippen molar-refractivity contribution < 1.29 is 9.47 Å². The average Bonchev–Trinajstić information content (AvgIpc) is 3.18. The second kappa shape index (κ2) is 8.44. The van der Waals surface area contributed by atoms with Crippen LogP contribution in [0.2, 0.25) is 5.02 Å². The molecule has 0 radical (unpaired) electrons. The standard InChI is InChI=1S/C16H20ClNO2.C2H6/c1-2-13-7-12-8-14(17)16(9-15(12)18-13)20-6-4-11-3-5-19-10-11;1-2/h7-9,11,18H,2-6,10H2,1H3;1-2H3. The molecule has 0 amide bonds. The molecule has 0 bridgehead atoms. The first-order valence-electron chi connectivity index (χ1n) is 8.28. The van der Waals surface area contributed by atoms with Crippen molar-refractivity contribution in [1.82, 2.24) is 4.98 Å². The molecule has 0 spiro atoms. The molecule has 1 fully saturated rings. The number of aryl methyl sites for hydroxylation is 1. The fourth-order valence-corrected chi connectivity index (χ4v) is 2.87. The molecule has 1 N–H and O–H groups in total. The van der Waals surface area contributed by atoms with E-state index in [1.165, 1.54) is 5.69 Å². The van der Waals surface area contributed by atoms with E-state index in [9.17, 15) is 0 Å². The Morgan fingerprint density at radius 1 is 1.32 bits per heavy atom. The van der Waals surface area contributed by atoms with Gasteiger partial charge in [-0.2, -0.15) is 0 Å². The minimum Gasteiger partial charge on any atom is -0.492 e. The molecule has 3 rings (SSSR count). The summed E-state index contributed by atoms with van der Waals surface area (Å²) < 4.78 is 11.2. The van der Waals surface area contributed by atoms with E-state index in [0.717, 1.165) is 49.1 Å². The lowest BCUT2D eigenvalue weighted by molar-refractivity contribution is 0.178. The third-order valence-electron chi connectivity index (χ3n) is 3.92. The normalized spacial score (nSPS) is 17.4. The van der Waals surface area contributed by atoms with Crippen LogP contribution in [-0.4, -0.2) is 24.8 Å². The average molecular weight is 324 g/mol. The molecule has 1 aliphatic rings. The molecule has 1 saturated heterocycles. The highest BCUT2D eigenvalue weighted by Crippen LogP contribution is 2.31. The highest BCUT2D eigenvalue weighted by atomic mass is 35.5. The van der Waals surface area contributed by atoms with Crippen molar-refractivity contribution in [2.45, 2.75) is 40.0 Å². The quantitative estimate of drug-likeness (QED) is 0.819. The van der Waals surface area contributed by atoms with Crippen LogP contribution in [-0.2, 0) is 11.2 Å². The topological polar surface area (TPSA) is 34.2 Å². The van der Waals surface area contributed by atoms with Crippen LogP contribution in [0.3, 0.4) is 0 Å². The lowest BCUT2D eigenvalue weighted by Crippen LogP contribution is -2.07. The number of benzene rings is 1. The second-order valence-electron chi connectivity index (χ2n) is 5.38. The van der Waals surface area contributed by atoms with Gasteiger partial charge in [0.1, 0.15) is 5.75 Å². The minimum atomic E-state index is 0.634. The van der Waals surface area contributed by atoms with E-state index in [-0.39, 0.29) is 0 Å². The van der Waals surface area contributed by atoms with Gasteiger partial charge >= 0.3 is 0 Å². The maximum absolute atomic E-state index is 6.29. The summed E-state index contributed by atoms with van der Waals surface area (Å²) >= 11 is 6.29. The van der Waals surface area contributed by atoms with Crippen LogP contribution >= 0.6 is 11.6 Å². The molecule has 3 nitrogen and oxygen atoms in total. The summed E-state index contributed by atoms with van der Waals surface area (Å²) in [6.45, 7) is 8.58. The number of hydrogen-bond donors (Lipinski definition) is 1. The van der Waals surface area contributed by atoms with E-state index in [0.29, 0.717) is 17.5 Å². The van der Waals surface area contributed by atoms with Gasteiger partial charge in [0.15, 0.2) is 0 Å². The molecule has 1 aromatic heterocycles. The first-order chi connectivity index (χ1) is 10.8.